The number of hydrogen-bond acceptors (Lipinski definition) is 4. The van der Waals surface area contributed by atoms with Crippen molar-refractivity contribution >= 4 is 15.9 Å². The Hall–Kier alpha value is -2.02. The molecule has 1 saturated carbocycles. The summed E-state index contributed by atoms with van der Waals surface area (Å²) in [6.07, 6.45) is 9.93. The number of pyridine rings is 1. The molecule has 4 rings (SSSR count). The zero-order valence-electron chi connectivity index (χ0n) is 13.7. The van der Waals surface area contributed by atoms with Gasteiger partial charge < -0.3 is 0 Å². The minimum Gasteiger partial charge on any atom is -0.263 e. The SMILES string of the molecule is CC1CC1CC(c1ccc(Br)cn1)n1cc(-c2cnnn2C)cn1. The number of nitrogens with zero attached hydrogens (tertiary/aromatic N) is 6. The third kappa shape index (κ3) is 3.00. The van der Waals surface area contributed by atoms with Crippen LogP contribution < -0.4 is 0 Å². The number of aromatic nitrogens is 6. The number of rotatable bonds is 5. The Balaban J connectivity index is 1.67. The molecule has 0 radical (unpaired) electrons. The third-order valence-corrected chi connectivity index (χ3v) is 5.29. The highest BCUT2D eigenvalue weighted by Crippen LogP contribution is 2.44. The summed E-state index contributed by atoms with van der Waals surface area (Å²) in [5.41, 5.74) is 3.03. The molecule has 3 heterocycles. The van der Waals surface area contributed by atoms with Crippen LogP contribution >= 0.6 is 15.9 Å². The number of hydrogen-bond donors (Lipinski definition) is 0. The normalized spacial score (nSPS) is 21.0. The van der Waals surface area contributed by atoms with Crippen LogP contribution in [0.25, 0.3) is 11.3 Å². The van der Waals surface area contributed by atoms with Crippen molar-refractivity contribution in [2.75, 3.05) is 0 Å². The summed E-state index contributed by atoms with van der Waals surface area (Å²) in [4.78, 5) is 4.61. The van der Waals surface area contributed by atoms with Crippen molar-refractivity contribution in [2.45, 2.75) is 25.8 Å². The maximum absolute atomic E-state index is 4.61. The highest BCUT2D eigenvalue weighted by atomic mass is 79.9. The van der Waals surface area contributed by atoms with E-state index in [4.69, 9.17) is 0 Å². The molecule has 1 aliphatic carbocycles. The first-order valence-corrected chi connectivity index (χ1v) is 8.92. The average molecular weight is 387 g/mol. The van der Waals surface area contributed by atoms with Gasteiger partial charge in [-0.15, -0.1) is 5.10 Å². The smallest absolute Gasteiger partial charge is 0.0941 e. The minimum atomic E-state index is 0.156. The van der Waals surface area contributed by atoms with E-state index in [1.807, 2.05) is 30.2 Å². The maximum Gasteiger partial charge on any atom is 0.0941 e. The third-order valence-electron chi connectivity index (χ3n) is 4.82. The first kappa shape index (κ1) is 15.5. The Kier molecular flexibility index (Phi) is 3.96. The van der Waals surface area contributed by atoms with Gasteiger partial charge in [0.1, 0.15) is 0 Å². The molecule has 0 aromatic carbocycles. The quantitative estimate of drug-likeness (QED) is 0.673. The maximum atomic E-state index is 4.61. The summed E-state index contributed by atoms with van der Waals surface area (Å²) in [6.45, 7) is 2.31. The molecule has 0 spiro atoms. The van der Waals surface area contributed by atoms with Crippen LogP contribution in [0.5, 0.6) is 0 Å². The molecule has 24 heavy (non-hydrogen) atoms. The number of halogens is 1. The molecule has 3 unspecified atom stereocenters. The van der Waals surface area contributed by atoms with E-state index in [9.17, 15) is 0 Å². The van der Waals surface area contributed by atoms with Crippen LogP contribution in [0.4, 0.5) is 0 Å². The largest absolute Gasteiger partial charge is 0.263 e. The molecule has 124 valence electrons. The number of aryl methyl sites for hydroxylation is 1. The summed E-state index contributed by atoms with van der Waals surface area (Å²) < 4.78 is 4.78. The van der Waals surface area contributed by atoms with E-state index in [0.29, 0.717) is 0 Å². The highest BCUT2D eigenvalue weighted by molar-refractivity contribution is 9.10. The molecule has 6 nitrogen and oxygen atoms in total. The van der Waals surface area contributed by atoms with Crippen LogP contribution in [-0.4, -0.2) is 29.8 Å². The molecule has 0 amide bonds. The Morgan fingerprint density at radius 1 is 1.29 bits per heavy atom. The van der Waals surface area contributed by atoms with Crippen LogP contribution in [0.1, 0.15) is 31.5 Å². The Morgan fingerprint density at radius 3 is 2.75 bits per heavy atom. The van der Waals surface area contributed by atoms with Gasteiger partial charge in [-0.1, -0.05) is 12.1 Å². The Bertz CT molecular complexity index is 837. The van der Waals surface area contributed by atoms with Gasteiger partial charge in [0.15, 0.2) is 0 Å². The fourth-order valence-electron chi connectivity index (χ4n) is 3.15. The average Bonchev–Trinajstić information content (AvgIpc) is 2.95. The van der Waals surface area contributed by atoms with E-state index < -0.39 is 0 Å². The molecule has 1 fully saturated rings. The molecule has 3 aromatic rings. The molecular formula is C17H19BrN6. The van der Waals surface area contributed by atoms with Gasteiger partial charge in [0.25, 0.3) is 0 Å². The Morgan fingerprint density at radius 2 is 2.12 bits per heavy atom. The summed E-state index contributed by atoms with van der Waals surface area (Å²) in [5, 5.41) is 12.6. The molecule has 7 heteroatoms. The van der Waals surface area contributed by atoms with Gasteiger partial charge in [0, 0.05) is 29.5 Å². The van der Waals surface area contributed by atoms with Crippen molar-refractivity contribution in [1.82, 2.24) is 29.8 Å². The van der Waals surface area contributed by atoms with Crippen molar-refractivity contribution in [3.05, 3.63) is 47.1 Å². The zero-order valence-corrected chi connectivity index (χ0v) is 15.3. The fraction of sp³-hybridized carbons (Fsp3) is 0.412. The van der Waals surface area contributed by atoms with Crippen molar-refractivity contribution in [3.63, 3.8) is 0 Å². The molecule has 0 aliphatic heterocycles. The summed E-state index contributed by atoms with van der Waals surface area (Å²) in [7, 11) is 1.89. The topological polar surface area (TPSA) is 61.4 Å². The summed E-state index contributed by atoms with van der Waals surface area (Å²) in [6, 6.07) is 4.28. The Labute approximate surface area is 149 Å². The first-order valence-electron chi connectivity index (χ1n) is 8.12. The van der Waals surface area contributed by atoms with Crippen molar-refractivity contribution < 1.29 is 0 Å². The van der Waals surface area contributed by atoms with Gasteiger partial charge in [0.2, 0.25) is 0 Å². The lowest BCUT2D eigenvalue weighted by molar-refractivity contribution is 0.445. The predicted molar refractivity (Wildman–Crippen MR) is 94.2 cm³/mol. The molecule has 0 saturated heterocycles. The summed E-state index contributed by atoms with van der Waals surface area (Å²) in [5.74, 6) is 1.56. The van der Waals surface area contributed by atoms with Gasteiger partial charge in [-0.25, -0.2) is 4.68 Å². The van der Waals surface area contributed by atoms with Crippen LogP contribution in [-0.2, 0) is 7.05 Å². The molecule has 3 atom stereocenters. The second-order valence-electron chi connectivity index (χ2n) is 6.58. The lowest BCUT2D eigenvalue weighted by Crippen LogP contribution is -2.14. The molecule has 1 aliphatic rings. The van der Waals surface area contributed by atoms with Gasteiger partial charge in [0.05, 0.1) is 29.8 Å². The molecular weight excluding hydrogens is 368 g/mol. The summed E-state index contributed by atoms with van der Waals surface area (Å²) >= 11 is 3.46. The van der Waals surface area contributed by atoms with Crippen molar-refractivity contribution in [2.24, 2.45) is 18.9 Å². The molecule has 0 bridgehead atoms. The van der Waals surface area contributed by atoms with E-state index in [1.54, 1.807) is 10.9 Å². The van der Waals surface area contributed by atoms with Gasteiger partial charge in [-0.3, -0.25) is 9.67 Å². The van der Waals surface area contributed by atoms with Crippen LogP contribution in [0, 0.1) is 11.8 Å². The lowest BCUT2D eigenvalue weighted by atomic mass is 10.1. The second kappa shape index (κ2) is 6.12. The molecule has 0 N–H and O–H groups in total. The lowest BCUT2D eigenvalue weighted by Gasteiger charge is -2.17. The minimum absolute atomic E-state index is 0.156. The predicted octanol–water partition coefficient (Wildman–Crippen LogP) is 3.47. The van der Waals surface area contributed by atoms with Crippen LogP contribution in [0.15, 0.2) is 41.4 Å². The van der Waals surface area contributed by atoms with Crippen LogP contribution in [0.2, 0.25) is 0 Å². The van der Waals surface area contributed by atoms with E-state index >= 15 is 0 Å². The van der Waals surface area contributed by atoms with Gasteiger partial charge in [-0.05, 0) is 52.7 Å². The highest BCUT2D eigenvalue weighted by Gasteiger charge is 2.36. The van der Waals surface area contributed by atoms with Gasteiger partial charge >= 0.3 is 0 Å². The monoisotopic (exact) mass is 386 g/mol. The van der Waals surface area contributed by atoms with Crippen LogP contribution in [0.3, 0.4) is 0 Å². The van der Waals surface area contributed by atoms with E-state index in [1.165, 1.54) is 6.42 Å². The van der Waals surface area contributed by atoms with Crippen molar-refractivity contribution in [3.8, 4) is 11.3 Å². The standard InChI is InChI=1S/C17H19BrN6/c1-11-5-12(11)6-16(15-4-3-14(18)8-19-15)24-10-13(7-21-24)17-9-20-22-23(17)2/h3-4,7-12,16H,5-6H2,1-2H3. The van der Waals surface area contributed by atoms with Gasteiger partial charge in [-0.2, -0.15) is 5.10 Å². The van der Waals surface area contributed by atoms with E-state index in [2.05, 4.69) is 55.5 Å². The first-order chi connectivity index (χ1) is 11.6. The fourth-order valence-corrected chi connectivity index (χ4v) is 3.39. The van der Waals surface area contributed by atoms with E-state index in [-0.39, 0.29) is 6.04 Å². The molecule has 3 aromatic heterocycles. The zero-order chi connectivity index (χ0) is 16.7. The second-order valence-corrected chi connectivity index (χ2v) is 7.49. The van der Waals surface area contributed by atoms with Crippen molar-refractivity contribution in [1.29, 1.82) is 0 Å². The van der Waals surface area contributed by atoms with E-state index in [0.717, 1.165) is 39.7 Å².